The van der Waals surface area contributed by atoms with E-state index in [-0.39, 0.29) is 5.56 Å². The quantitative estimate of drug-likeness (QED) is 0.715. The van der Waals surface area contributed by atoms with Gasteiger partial charge >= 0.3 is 5.97 Å². The molecule has 1 aliphatic carbocycles. The van der Waals surface area contributed by atoms with Crippen molar-refractivity contribution in [1.29, 1.82) is 0 Å². The normalized spacial score (nSPS) is 22.8. The van der Waals surface area contributed by atoms with E-state index in [2.05, 4.69) is 17.2 Å². The Balaban J connectivity index is 2.09. The lowest BCUT2D eigenvalue weighted by molar-refractivity contribution is 0.0697. The van der Waals surface area contributed by atoms with Crippen molar-refractivity contribution >= 4 is 17.5 Å². The van der Waals surface area contributed by atoms with Crippen molar-refractivity contribution in [3.8, 4) is 0 Å². The number of nitrogens with zero attached hydrogens (tertiary/aromatic N) is 1. The van der Waals surface area contributed by atoms with Crippen LogP contribution in [0.4, 0.5) is 11.5 Å². The van der Waals surface area contributed by atoms with Crippen LogP contribution in [0.5, 0.6) is 0 Å². The number of nitrogens with one attached hydrogen (secondary N) is 1. The average molecular weight is 221 g/mol. The van der Waals surface area contributed by atoms with Gasteiger partial charge in [-0.2, -0.15) is 0 Å². The van der Waals surface area contributed by atoms with Crippen LogP contribution in [-0.2, 0) is 0 Å². The number of hydrogen-bond acceptors (Lipinski definition) is 4. The molecule has 5 heteroatoms. The van der Waals surface area contributed by atoms with E-state index < -0.39 is 5.97 Å². The molecule has 1 aliphatic rings. The molecule has 0 aromatic carbocycles. The molecule has 0 radical (unpaired) electrons. The zero-order chi connectivity index (χ0) is 11.7. The Labute approximate surface area is 93.7 Å². The smallest absolute Gasteiger partial charge is 0.339 e. The van der Waals surface area contributed by atoms with E-state index in [9.17, 15) is 4.79 Å². The summed E-state index contributed by atoms with van der Waals surface area (Å²) < 4.78 is 0. The van der Waals surface area contributed by atoms with Crippen molar-refractivity contribution in [2.75, 3.05) is 17.6 Å². The van der Waals surface area contributed by atoms with Gasteiger partial charge in [0.15, 0.2) is 0 Å². The second-order valence-corrected chi connectivity index (χ2v) is 4.32. The molecular weight excluding hydrogens is 206 g/mol. The molecule has 4 N–H and O–H groups in total. The molecule has 1 heterocycles. The van der Waals surface area contributed by atoms with Gasteiger partial charge in [-0.3, -0.25) is 0 Å². The van der Waals surface area contributed by atoms with Gasteiger partial charge in [-0.05, 0) is 24.3 Å². The van der Waals surface area contributed by atoms with Gasteiger partial charge in [0, 0.05) is 6.54 Å². The highest BCUT2D eigenvalue weighted by Gasteiger charge is 2.32. The van der Waals surface area contributed by atoms with Crippen LogP contribution >= 0.6 is 0 Å². The van der Waals surface area contributed by atoms with Crippen molar-refractivity contribution in [2.24, 2.45) is 11.8 Å². The number of aromatic nitrogens is 1. The highest BCUT2D eigenvalue weighted by molar-refractivity contribution is 5.94. The third-order valence-electron chi connectivity index (χ3n) is 2.95. The summed E-state index contributed by atoms with van der Waals surface area (Å²) in [5.74, 6) is 0.766. The maximum absolute atomic E-state index is 11.0. The van der Waals surface area contributed by atoms with E-state index in [0.29, 0.717) is 17.4 Å². The maximum atomic E-state index is 11.0. The van der Waals surface area contributed by atoms with Gasteiger partial charge in [0.2, 0.25) is 0 Å². The number of carboxylic acid groups (broad SMARTS) is 1. The Bertz CT molecular complexity index is 420. The van der Waals surface area contributed by atoms with Gasteiger partial charge in [-0.15, -0.1) is 0 Å². The number of aromatic carboxylic acids is 1. The maximum Gasteiger partial charge on any atom is 0.339 e. The van der Waals surface area contributed by atoms with Crippen LogP contribution in [0.1, 0.15) is 23.7 Å². The fourth-order valence-corrected chi connectivity index (χ4v) is 1.70. The fraction of sp³-hybridized carbons (Fsp3) is 0.455. The predicted octanol–water partition coefficient (Wildman–Crippen LogP) is 1.43. The molecule has 0 aliphatic heterocycles. The lowest BCUT2D eigenvalue weighted by Crippen LogP contribution is -2.11. The number of nitrogens with two attached hydrogens (primary N) is 1. The molecule has 1 fully saturated rings. The van der Waals surface area contributed by atoms with E-state index >= 15 is 0 Å². The molecule has 0 saturated heterocycles. The largest absolute Gasteiger partial charge is 0.478 e. The summed E-state index contributed by atoms with van der Waals surface area (Å²) in [6.45, 7) is 2.96. The Morgan fingerprint density at radius 3 is 3.00 bits per heavy atom. The molecule has 0 spiro atoms. The lowest BCUT2D eigenvalue weighted by atomic mass is 10.2. The third-order valence-corrected chi connectivity index (χ3v) is 2.95. The monoisotopic (exact) mass is 221 g/mol. The van der Waals surface area contributed by atoms with Gasteiger partial charge in [-0.25, -0.2) is 9.78 Å². The van der Waals surface area contributed by atoms with Crippen molar-refractivity contribution in [3.05, 3.63) is 17.8 Å². The zero-order valence-electron chi connectivity index (χ0n) is 9.10. The molecule has 16 heavy (non-hydrogen) atoms. The van der Waals surface area contributed by atoms with Gasteiger partial charge in [-0.1, -0.05) is 6.92 Å². The number of nitrogen functional groups attached to an aromatic ring is 1. The first-order chi connectivity index (χ1) is 7.58. The Morgan fingerprint density at radius 2 is 2.44 bits per heavy atom. The second kappa shape index (κ2) is 4.00. The molecule has 2 unspecified atom stereocenters. The van der Waals surface area contributed by atoms with Crippen molar-refractivity contribution in [2.45, 2.75) is 13.3 Å². The van der Waals surface area contributed by atoms with Crippen LogP contribution in [-0.4, -0.2) is 22.6 Å². The molecule has 1 aromatic rings. The van der Waals surface area contributed by atoms with E-state index in [1.165, 1.54) is 18.7 Å². The van der Waals surface area contributed by atoms with Gasteiger partial charge in [0.1, 0.15) is 11.4 Å². The molecule has 86 valence electrons. The van der Waals surface area contributed by atoms with Crippen LogP contribution in [0.2, 0.25) is 0 Å². The van der Waals surface area contributed by atoms with Crippen LogP contribution in [0.25, 0.3) is 0 Å². The SMILES string of the molecule is CC1CC1CNc1ncc(N)cc1C(=O)O. The van der Waals surface area contributed by atoms with E-state index in [1.807, 2.05) is 0 Å². The van der Waals surface area contributed by atoms with E-state index in [4.69, 9.17) is 10.8 Å². The summed E-state index contributed by atoms with van der Waals surface area (Å²) >= 11 is 0. The van der Waals surface area contributed by atoms with Crippen molar-refractivity contribution in [1.82, 2.24) is 4.98 Å². The van der Waals surface area contributed by atoms with Crippen LogP contribution in [0, 0.1) is 11.8 Å². The van der Waals surface area contributed by atoms with Crippen molar-refractivity contribution < 1.29 is 9.90 Å². The standard InChI is InChI=1S/C11H15N3O2/c1-6-2-7(6)4-13-10-9(11(15)16)3-8(12)5-14-10/h3,5-7H,2,4,12H2,1H3,(H,13,14)(H,15,16). The first-order valence-electron chi connectivity index (χ1n) is 5.30. The highest BCUT2D eigenvalue weighted by Crippen LogP contribution is 2.37. The lowest BCUT2D eigenvalue weighted by Gasteiger charge is -2.08. The predicted molar refractivity (Wildman–Crippen MR) is 61.4 cm³/mol. The summed E-state index contributed by atoms with van der Waals surface area (Å²) in [6.07, 6.45) is 2.66. The number of hydrogen-bond donors (Lipinski definition) is 3. The van der Waals surface area contributed by atoms with Crippen LogP contribution in [0.3, 0.4) is 0 Å². The molecule has 5 nitrogen and oxygen atoms in total. The third kappa shape index (κ3) is 2.24. The number of anilines is 2. The number of pyridine rings is 1. The fourth-order valence-electron chi connectivity index (χ4n) is 1.70. The molecule has 2 rings (SSSR count). The number of carbonyl (C=O) groups is 1. The minimum atomic E-state index is -1.01. The number of rotatable bonds is 4. The van der Waals surface area contributed by atoms with Gasteiger partial charge in [0.05, 0.1) is 11.9 Å². The molecule has 0 bridgehead atoms. The summed E-state index contributed by atoms with van der Waals surface area (Å²) in [7, 11) is 0. The van der Waals surface area contributed by atoms with E-state index in [0.717, 1.165) is 12.5 Å². The molecule has 2 atom stereocenters. The van der Waals surface area contributed by atoms with Gasteiger partial charge in [0.25, 0.3) is 0 Å². The summed E-state index contributed by atoms with van der Waals surface area (Å²) in [6, 6.07) is 1.42. The number of carboxylic acids is 1. The Kier molecular flexibility index (Phi) is 2.68. The van der Waals surface area contributed by atoms with Crippen molar-refractivity contribution in [3.63, 3.8) is 0 Å². The summed E-state index contributed by atoms with van der Waals surface area (Å²) in [5.41, 5.74) is 6.00. The summed E-state index contributed by atoms with van der Waals surface area (Å²) in [4.78, 5) is 15.0. The topological polar surface area (TPSA) is 88.2 Å². The second-order valence-electron chi connectivity index (χ2n) is 4.32. The van der Waals surface area contributed by atoms with Crippen LogP contribution < -0.4 is 11.1 Å². The minimum absolute atomic E-state index is 0.133. The zero-order valence-corrected chi connectivity index (χ0v) is 9.10. The van der Waals surface area contributed by atoms with Gasteiger partial charge < -0.3 is 16.2 Å². The van der Waals surface area contributed by atoms with Crippen LogP contribution in [0.15, 0.2) is 12.3 Å². The highest BCUT2D eigenvalue weighted by atomic mass is 16.4. The first kappa shape index (κ1) is 10.7. The molecule has 1 saturated carbocycles. The first-order valence-corrected chi connectivity index (χ1v) is 5.30. The minimum Gasteiger partial charge on any atom is -0.478 e. The Morgan fingerprint density at radius 1 is 1.75 bits per heavy atom. The van der Waals surface area contributed by atoms with E-state index in [1.54, 1.807) is 0 Å². The molecular formula is C11H15N3O2. The summed E-state index contributed by atoms with van der Waals surface area (Å²) in [5, 5.41) is 12.1. The molecule has 0 amide bonds. The Hall–Kier alpha value is -1.78. The molecule has 1 aromatic heterocycles. The average Bonchev–Trinajstić information content (AvgIpc) is 2.92.